The molecule has 1 aliphatic carbocycles. The van der Waals surface area contributed by atoms with E-state index < -0.39 is 0 Å². The van der Waals surface area contributed by atoms with E-state index in [9.17, 15) is 4.79 Å². The Bertz CT molecular complexity index is 565. The number of hydrogen-bond acceptors (Lipinski definition) is 2. The van der Waals surface area contributed by atoms with Crippen molar-refractivity contribution in [1.29, 1.82) is 0 Å². The van der Waals surface area contributed by atoms with Gasteiger partial charge in [-0.3, -0.25) is 4.79 Å². The predicted molar refractivity (Wildman–Crippen MR) is 69.3 cm³/mol. The fraction of sp³-hybridized carbons (Fsp3) is 0.0833. The molecule has 0 saturated carbocycles. The molecular formula is C12H8BrNOS. The lowest BCUT2D eigenvalue weighted by molar-refractivity contribution is -0.114. The smallest absolute Gasteiger partial charge is 0.161 e. The van der Waals surface area contributed by atoms with E-state index in [-0.39, 0.29) is 5.78 Å². The number of aromatic nitrogens is 1. The third kappa shape index (κ3) is 1.62. The average molecular weight is 294 g/mol. The quantitative estimate of drug-likeness (QED) is 0.729. The Morgan fingerprint density at radius 1 is 1.44 bits per heavy atom. The molecule has 0 aromatic carbocycles. The molecule has 0 N–H and O–H groups in total. The van der Waals surface area contributed by atoms with Gasteiger partial charge in [-0.1, -0.05) is 27.7 Å². The summed E-state index contributed by atoms with van der Waals surface area (Å²) in [5, 5.41) is 1.15. The second-order valence-corrected chi connectivity index (χ2v) is 5.61. The Kier molecular flexibility index (Phi) is 2.41. The zero-order chi connectivity index (χ0) is 11.1. The number of halogens is 1. The van der Waals surface area contributed by atoms with E-state index in [1.165, 1.54) is 0 Å². The van der Waals surface area contributed by atoms with Gasteiger partial charge in [0, 0.05) is 33.8 Å². The lowest BCUT2D eigenvalue weighted by Gasteiger charge is -2.13. The molecule has 80 valence electrons. The summed E-state index contributed by atoms with van der Waals surface area (Å²) in [4.78, 5) is 12.6. The van der Waals surface area contributed by atoms with Crippen LogP contribution in [-0.2, 0) is 4.79 Å². The first-order valence-electron chi connectivity index (χ1n) is 4.90. The maximum atomic E-state index is 11.5. The van der Waals surface area contributed by atoms with Crippen molar-refractivity contribution in [3.05, 3.63) is 45.4 Å². The lowest BCUT2D eigenvalue weighted by Crippen LogP contribution is -2.03. The van der Waals surface area contributed by atoms with Gasteiger partial charge in [-0.25, -0.2) is 0 Å². The van der Waals surface area contributed by atoms with Crippen molar-refractivity contribution in [2.75, 3.05) is 0 Å². The SMILES string of the molecule is O=C1C=C(Br)C2=C(C1)Sc1cccn1C=C2. The van der Waals surface area contributed by atoms with Crippen LogP contribution in [0.25, 0.3) is 6.20 Å². The van der Waals surface area contributed by atoms with Crippen LogP contribution < -0.4 is 0 Å². The van der Waals surface area contributed by atoms with Crippen LogP contribution in [0.5, 0.6) is 0 Å². The Morgan fingerprint density at radius 2 is 2.31 bits per heavy atom. The molecule has 3 rings (SSSR count). The predicted octanol–water partition coefficient (Wildman–Crippen LogP) is 3.57. The van der Waals surface area contributed by atoms with Crippen LogP contribution >= 0.6 is 27.7 Å². The van der Waals surface area contributed by atoms with E-state index in [1.807, 2.05) is 24.5 Å². The molecule has 1 aromatic rings. The Morgan fingerprint density at radius 3 is 3.19 bits per heavy atom. The number of carbonyl (C=O) groups is 1. The highest BCUT2D eigenvalue weighted by Gasteiger charge is 2.20. The van der Waals surface area contributed by atoms with Crippen molar-refractivity contribution in [3.63, 3.8) is 0 Å². The van der Waals surface area contributed by atoms with E-state index in [2.05, 4.69) is 26.6 Å². The van der Waals surface area contributed by atoms with Crippen LogP contribution in [0.4, 0.5) is 0 Å². The summed E-state index contributed by atoms with van der Waals surface area (Å²) in [5.74, 6) is 0.159. The molecule has 2 aliphatic rings. The molecule has 1 aliphatic heterocycles. The van der Waals surface area contributed by atoms with Gasteiger partial charge < -0.3 is 4.57 Å². The van der Waals surface area contributed by atoms with Crippen molar-refractivity contribution in [2.24, 2.45) is 0 Å². The highest BCUT2D eigenvalue weighted by atomic mass is 79.9. The van der Waals surface area contributed by atoms with Crippen molar-refractivity contribution in [2.45, 2.75) is 11.4 Å². The van der Waals surface area contributed by atoms with Crippen LogP contribution in [0, 0.1) is 0 Å². The third-order valence-electron chi connectivity index (χ3n) is 2.55. The van der Waals surface area contributed by atoms with Gasteiger partial charge in [0.2, 0.25) is 0 Å². The molecule has 0 saturated heterocycles. The van der Waals surface area contributed by atoms with Gasteiger partial charge in [-0.15, -0.1) is 0 Å². The van der Waals surface area contributed by atoms with Gasteiger partial charge in [0.05, 0.1) is 5.03 Å². The number of carbonyl (C=O) groups excluding carboxylic acids is 1. The van der Waals surface area contributed by atoms with Crippen molar-refractivity contribution < 1.29 is 4.79 Å². The van der Waals surface area contributed by atoms with Gasteiger partial charge >= 0.3 is 0 Å². The van der Waals surface area contributed by atoms with Gasteiger partial charge in [-0.05, 0) is 24.3 Å². The minimum atomic E-state index is 0.159. The lowest BCUT2D eigenvalue weighted by atomic mass is 10.1. The maximum Gasteiger partial charge on any atom is 0.161 e. The Labute approximate surface area is 106 Å². The number of ketones is 1. The van der Waals surface area contributed by atoms with Gasteiger partial charge in [0.1, 0.15) is 0 Å². The van der Waals surface area contributed by atoms with E-state index in [4.69, 9.17) is 0 Å². The number of nitrogens with zero attached hydrogens (tertiary/aromatic N) is 1. The Balaban J connectivity index is 2.11. The number of fused-ring (bicyclic) bond motifs is 1. The molecule has 4 heteroatoms. The molecule has 0 unspecified atom stereocenters. The Hall–Kier alpha value is -1.00. The molecular weight excluding hydrogens is 286 g/mol. The standard InChI is InChI=1S/C12H8BrNOS/c13-10-6-8(15)7-11-9(10)3-5-14-4-1-2-12(14)16-11/h1-6H,7H2. The monoisotopic (exact) mass is 293 g/mol. The number of allylic oxidation sites excluding steroid dienone is 5. The topological polar surface area (TPSA) is 22.0 Å². The van der Waals surface area contributed by atoms with Gasteiger partial charge in [0.15, 0.2) is 5.78 Å². The first kappa shape index (κ1) is 10.2. The zero-order valence-electron chi connectivity index (χ0n) is 8.31. The van der Waals surface area contributed by atoms with E-state index in [0.29, 0.717) is 6.42 Å². The van der Waals surface area contributed by atoms with Gasteiger partial charge in [-0.2, -0.15) is 0 Å². The van der Waals surface area contributed by atoms with E-state index in [0.717, 1.165) is 20.0 Å². The molecule has 0 atom stereocenters. The largest absolute Gasteiger partial charge is 0.318 e. The summed E-state index contributed by atoms with van der Waals surface area (Å²) in [5.41, 5.74) is 1.12. The average Bonchev–Trinajstić information content (AvgIpc) is 2.57. The number of hydrogen-bond donors (Lipinski definition) is 0. The summed E-state index contributed by atoms with van der Waals surface area (Å²) in [6.07, 6.45) is 8.24. The fourth-order valence-corrected chi connectivity index (χ4v) is 3.68. The van der Waals surface area contributed by atoms with E-state index in [1.54, 1.807) is 17.8 Å². The highest BCUT2D eigenvalue weighted by Crippen LogP contribution is 2.40. The summed E-state index contributed by atoms with van der Waals surface area (Å²) < 4.78 is 2.95. The van der Waals surface area contributed by atoms with Crippen molar-refractivity contribution >= 4 is 39.7 Å². The molecule has 0 bridgehead atoms. The highest BCUT2D eigenvalue weighted by molar-refractivity contribution is 9.12. The molecule has 1 aromatic heterocycles. The summed E-state index contributed by atoms with van der Waals surface area (Å²) in [6, 6.07) is 4.06. The summed E-state index contributed by atoms with van der Waals surface area (Å²) >= 11 is 5.11. The summed E-state index contributed by atoms with van der Waals surface area (Å²) in [7, 11) is 0. The number of thioether (sulfide) groups is 1. The van der Waals surface area contributed by atoms with Crippen LogP contribution in [-0.4, -0.2) is 10.4 Å². The maximum absolute atomic E-state index is 11.5. The van der Waals surface area contributed by atoms with Crippen LogP contribution in [0.2, 0.25) is 0 Å². The normalized spacial score (nSPS) is 19.1. The first-order chi connectivity index (χ1) is 7.74. The number of rotatable bonds is 0. The molecule has 16 heavy (non-hydrogen) atoms. The second kappa shape index (κ2) is 3.79. The molecule has 0 fully saturated rings. The minimum Gasteiger partial charge on any atom is -0.318 e. The first-order valence-corrected chi connectivity index (χ1v) is 6.51. The van der Waals surface area contributed by atoms with Crippen LogP contribution in [0.1, 0.15) is 6.42 Å². The molecule has 0 radical (unpaired) electrons. The minimum absolute atomic E-state index is 0.159. The molecule has 0 spiro atoms. The summed E-state index contributed by atoms with van der Waals surface area (Å²) in [6.45, 7) is 0. The molecule has 0 amide bonds. The zero-order valence-corrected chi connectivity index (χ0v) is 10.7. The van der Waals surface area contributed by atoms with Crippen LogP contribution in [0.3, 0.4) is 0 Å². The van der Waals surface area contributed by atoms with Crippen molar-refractivity contribution in [3.8, 4) is 0 Å². The molecule has 2 heterocycles. The van der Waals surface area contributed by atoms with Gasteiger partial charge in [0.25, 0.3) is 0 Å². The van der Waals surface area contributed by atoms with Crippen molar-refractivity contribution in [1.82, 2.24) is 4.57 Å². The van der Waals surface area contributed by atoms with E-state index >= 15 is 0 Å². The second-order valence-electron chi connectivity index (χ2n) is 3.64. The molecule has 2 nitrogen and oxygen atoms in total. The van der Waals surface area contributed by atoms with Crippen LogP contribution in [0.15, 0.2) is 50.5 Å². The fourth-order valence-electron chi connectivity index (χ4n) is 1.79. The third-order valence-corrected chi connectivity index (χ3v) is 4.37.